The molecule has 0 aliphatic carbocycles. The first-order valence-electron chi connectivity index (χ1n) is 7.49. The van der Waals surface area contributed by atoms with Gasteiger partial charge < -0.3 is 9.88 Å². The van der Waals surface area contributed by atoms with Gasteiger partial charge in [-0.3, -0.25) is 4.79 Å². The van der Waals surface area contributed by atoms with E-state index < -0.39 is 0 Å². The van der Waals surface area contributed by atoms with Crippen molar-refractivity contribution in [1.82, 2.24) is 9.55 Å². The lowest BCUT2D eigenvalue weighted by Crippen LogP contribution is -2.07. The van der Waals surface area contributed by atoms with E-state index >= 15 is 0 Å². The first kappa shape index (κ1) is 16.0. The van der Waals surface area contributed by atoms with E-state index in [1.807, 2.05) is 53.2 Å². The smallest absolute Gasteiger partial charge is 0.248 e. The van der Waals surface area contributed by atoms with Crippen LogP contribution in [0.5, 0.6) is 0 Å². The quantitative estimate of drug-likeness (QED) is 0.708. The third-order valence-electron chi connectivity index (χ3n) is 3.47. The molecule has 0 spiro atoms. The van der Waals surface area contributed by atoms with Crippen molar-refractivity contribution in [3.05, 3.63) is 89.5 Å². The molecule has 0 aliphatic rings. The molecular formula is C19H16ClN3O. The van der Waals surface area contributed by atoms with Gasteiger partial charge in [-0.15, -0.1) is 0 Å². The van der Waals surface area contributed by atoms with Crippen LogP contribution < -0.4 is 5.32 Å². The van der Waals surface area contributed by atoms with E-state index in [4.69, 9.17) is 11.6 Å². The summed E-state index contributed by atoms with van der Waals surface area (Å²) in [4.78, 5) is 16.0. The summed E-state index contributed by atoms with van der Waals surface area (Å²) in [5.74, 6) is -0.197. The minimum Gasteiger partial charge on any atom is -0.333 e. The van der Waals surface area contributed by atoms with Crippen molar-refractivity contribution in [2.24, 2.45) is 0 Å². The normalized spacial score (nSPS) is 10.9. The Balaban J connectivity index is 1.59. The highest BCUT2D eigenvalue weighted by Crippen LogP contribution is 2.16. The number of imidazole rings is 1. The van der Waals surface area contributed by atoms with Crippen molar-refractivity contribution in [1.29, 1.82) is 0 Å². The fourth-order valence-electron chi connectivity index (χ4n) is 2.24. The molecule has 0 atom stereocenters. The Morgan fingerprint density at radius 1 is 1.17 bits per heavy atom. The van der Waals surface area contributed by atoms with E-state index in [1.54, 1.807) is 24.7 Å². The number of aromatic nitrogens is 2. The molecule has 0 unspecified atom stereocenters. The molecule has 2 aromatic carbocycles. The first-order chi connectivity index (χ1) is 11.7. The third kappa shape index (κ3) is 4.33. The highest BCUT2D eigenvalue weighted by atomic mass is 35.5. The number of hydrogen-bond donors (Lipinski definition) is 1. The predicted octanol–water partition coefficient (Wildman–Crippen LogP) is 4.24. The standard InChI is InChI=1S/C19H16ClN3O/c20-18-4-2-1-3-16(18)7-10-19(24)22-17-8-5-15(6-9-17)13-23-12-11-21-14-23/h1-12,14H,13H2,(H,22,24). The van der Waals surface area contributed by atoms with Crippen LogP contribution in [0, 0.1) is 0 Å². The Labute approximate surface area is 145 Å². The molecule has 0 bridgehead atoms. The van der Waals surface area contributed by atoms with Gasteiger partial charge in [0.15, 0.2) is 0 Å². The Hall–Kier alpha value is -2.85. The molecule has 24 heavy (non-hydrogen) atoms. The average Bonchev–Trinajstić information content (AvgIpc) is 3.09. The van der Waals surface area contributed by atoms with Crippen molar-refractivity contribution >= 4 is 29.3 Å². The lowest BCUT2D eigenvalue weighted by atomic mass is 10.2. The third-order valence-corrected chi connectivity index (χ3v) is 3.81. The van der Waals surface area contributed by atoms with Crippen LogP contribution in [0.1, 0.15) is 11.1 Å². The molecule has 4 nitrogen and oxygen atoms in total. The Morgan fingerprint density at radius 3 is 2.67 bits per heavy atom. The molecule has 1 heterocycles. The number of nitrogens with one attached hydrogen (secondary N) is 1. The number of anilines is 1. The van der Waals surface area contributed by atoms with Gasteiger partial charge in [0.2, 0.25) is 5.91 Å². The van der Waals surface area contributed by atoms with Gasteiger partial charge in [-0.05, 0) is 35.4 Å². The number of halogens is 1. The van der Waals surface area contributed by atoms with Crippen LogP contribution in [0.15, 0.2) is 73.3 Å². The molecule has 3 rings (SSSR count). The van der Waals surface area contributed by atoms with Crippen molar-refractivity contribution in [2.75, 3.05) is 5.32 Å². The number of amides is 1. The zero-order valence-electron chi connectivity index (χ0n) is 12.9. The maximum Gasteiger partial charge on any atom is 0.248 e. The van der Waals surface area contributed by atoms with Gasteiger partial charge in [0.1, 0.15) is 0 Å². The van der Waals surface area contributed by atoms with Crippen LogP contribution in [-0.2, 0) is 11.3 Å². The fraction of sp³-hybridized carbons (Fsp3) is 0.0526. The monoisotopic (exact) mass is 337 g/mol. The summed E-state index contributed by atoms with van der Waals surface area (Å²) < 4.78 is 1.99. The van der Waals surface area contributed by atoms with E-state index in [2.05, 4.69) is 10.3 Å². The van der Waals surface area contributed by atoms with Gasteiger partial charge >= 0.3 is 0 Å². The molecular weight excluding hydrogens is 322 g/mol. The van der Waals surface area contributed by atoms with Crippen molar-refractivity contribution in [2.45, 2.75) is 6.54 Å². The molecule has 3 aromatic rings. The highest BCUT2D eigenvalue weighted by Gasteiger charge is 2.00. The van der Waals surface area contributed by atoms with Crippen LogP contribution in [0.4, 0.5) is 5.69 Å². The zero-order chi connectivity index (χ0) is 16.8. The predicted molar refractivity (Wildman–Crippen MR) is 96.9 cm³/mol. The molecule has 120 valence electrons. The molecule has 0 radical (unpaired) electrons. The number of rotatable bonds is 5. The largest absolute Gasteiger partial charge is 0.333 e. The van der Waals surface area contributed by atoms with Gasteiger partial charge in [0.25, 0.3) is 0 Å². The Kier molecular flexibility index (Phi) is 5.08. The SMILES string of the molecule is O=C(C=Cc1ccccc1Cl)Nc1ccc(Cn2ccnc2)cc1. The van der Waals surface area contributed by atoms with Crippen LogP contribution in [0.2, 0.25) is 5.02 Å². The van der Waals surface area contributed by atoms with Gasteiger partial charge in [-0.25, -0.2) is 4.98 Å². The van der Waals surface area contributed by atoms with E-state index in [-0.39, 0.29) is 5.91 Å². The summed E-state index contributed by atoms with van der Waals surface area (Å²) >= 11 is 6.05. The minimum atomic E-state index is -0.197. The molecule has 1 aromatic heterocycles. The van der Waals surface area contributed by atoms with Crippen LogP contribution >= 0.6 is 11.6 Å². The number of carbonyl (C=O) groups excluding carboxylic acids is 1. The lowest BCUT2D eigenvalue weighted by molar-refractivity contribution is -0.111. The van der Waals surface area contributed by atoms with E-state index in [0.29, 0.717) is 5.02 Å². The Bertz CT molecular complexity index is 839. The summed E-state index contributed by atoms with van der Waals surface area (Å²) in [5.41, 5.74) is 2.70. The first-order valence-corrected chi connectivity index (χ1v) is 7.87. The molecule has 0 aliphatic heterocycles. The van der Waals surface area contributed by atoms with Crippen molar-refractivity contribution in [3.63, 3.8) is 0 Å². The van der Waals surface area contributed by atoms with Crippen molar-refractivity contribution < 1.29 is 4.79 Å². The Morgan fingerprint density at radius 2 is 1.96 bits per heavy atom. The second kappa shape index (κ2) is 7.62. The fourth-order valence-corrected chi connectivity index (χ4v) is 2.44. The minimum absolute atomic E-state index is 0.197. The molecule has 1 N–H and O–H groups in total. The van der Waals surface area contributed by atoms with Gasteiger partial charge in [-0.2, -0.15) is 0 Å². The summed E-state index contributed by atoms with van der Waals surface area (Å²) in [6, 6.07) is 15.1. The molecule has 0 saturated heterocycles. The topological polar surface area (TPSA) is 46.9 Å². The summed E-state index contributed by atoms with van der Waals surface area (Å²) in [6.07, 6.45) is 8.61. The maximum atomic E-state index is 12.0. The molecule has 1 amide bonds. The molecule has 5 heteroatoms. The van der Waals surface area contributed by atoms with Crippen LogP contribution in [-0.4, -0.2) is 15.5 Å². The second-order valence-corrected chi connectivity index (χ2v) is 5.68. The second-order valence-electron chi connectivity index (χ2n) is 5.28. The lowest BCUT2D eigenvalue weighted by Gasteiger charge is -2.05. The summed E-state index contributed by atoms with van der Waals surface area (Å²) in [5, 5.41) is 3.45. The van der Waals surface area contributed by atoms with Crippen molar-refractivity contribution in [3.8, 4) is 0 Å². The summed E-state index contributed by atoms with van der Waals surface area (Å²) in [6.45, 7) is 0.751. The van der Waals surface area contributed by atoms with Gasteiger partial charge in [-0.1, -0.05) is 41.9 Å². The van der Waals surface area contributed by atoms with E-state index in [9.17, 15) is 4.79 Å². The van der Waals surface area contributed by atoms with Gasteiger partial charge in [0.05, 0.1) is 6.33 Å². The number of benzene rings is 2. The van der Waals surface area contributed by atoms with Crippen LogP contribution in [0.3, 0.4) is 0 Å². The van der Waals surface area contributed by atoms with E-state index in [1.165, 1.54) is 6.08 Å². The number of nitrogens with zero attached hydrogens (tertiary/aromatic N) is 2. The summed E-state index contributed by atoms with van der Waals surface area (Å²) in [7, 11) is 0. The van der Waals surface area contributed by atoms with E-state index in [0.717, 1.165) is 23.4 Å². The maximum absolute atomic E-state index is 12.0. The average molecular weight is 338 g/mol. The molecule has 0 saturated carbocycles. The molecule has 0 fully saturated rings. The number of hydrogen-bond acceptors (Lipinski definition) is 2. The van der Waals surface area contributed by atoms with Crippen LogP contribution in [0.25, 0.3) is 6.08 Å². The highest BCUT2D eigenvalue weighted by molar-refractivity contribution is 6.32. The van der Waals surface area contributed by atoms with Gasteiger partial charge in [0, 0.05) is 35.7 Å². The zero-order valence-corrected chi connectivity index (χ0v) is 13.6. The number of carbonyl (C=O) groups is 1.